The molecule has 0 unspecified atom stereocenters. The maximum Gasteiger partial charge on any atom is 0.0729 e. The standard InChI is InChI=1S/C9H17NOS/c1-10-4-2-9(3-5-10)6-8(7-9)11-12/h8,12H,2-7H2,1H3. The van der Waals surface area contributed by atoms with E-state index in [0.717, 1.165) is 0 Å². The molecule has 1 saturated carbocycles. The summed E-state index contributed by atoms with van der Waals surface area (Å²) in [6.45, 7) is 2.53. The fraction of sp³-hybridized carbons (Fsp3) is 1.00. The van der Waals surface area contributed by atoms with Gasteiger partial charge in [-0.1, -0.05) is 0 Å². The van der Waals surface area contributed by atoms with Crippen LogP contribution in [-0.4, -0.2) is 31.1 Å². The molecule has 2 nitrogen and oxygen atoms in total. The Balaban J connectivity index is 1.83. The Labute approximate surface area is 79.9 Å². The molecule has 1 heterocycles. The van der Waals surface area contributed by atoms with Crippen molar-refractivity contribution < 1.29 is 4.18 Å². The van der Waals surface area contributed by atoms with Crippen molar-refractivity contribution in [2.24, 2.45) is 5.41 Å². The topological polar surface area (TPSA) is 12.5 Å². The molecule has 0 atom stereocenters. The van der Waals surface area contributed by atoms with Crippen molar-refractivity contribution in [2.45, 2.75) is 31.8 Å². The molecule has 0 N–H and O–H groups in total. The van der Waals surface area contributed by atoms with Crippen LogP contribution >= 0.6 is 12.9 Å². The highest BCUT2D eigenvalue weighted by atomic mass is 32.1. The molecule has 0 bridgehead atoms. The average Bonchev–Trinajstić information content (AvgIpc) is 2.02. The maximum absolute atomic E-state index is 5.02. The van der Waals surface area contributed by atoms with Crippen LogP contribution < -0.4 is 0 Å². The quantitative estimate of drug-likeness (QED) is 0.496. The number of hydrogen-bond donors (Lipinski definition) is 1. The summed E-state index contributed by atoms with van der Waals surface area (Å²) in [4.78, 5) is 2.42. The predicted octanol–water partition coefficient (Wildman–Crippen LogP) is 1.72. The van der Waals surface area contributed by atoms with E-state index in [1.165, 1.54) is 38.8 Å². The van der Waals surface area contributed by atoms with E-state index in [1.54, 1.807) is 0 Å². The van der Waals surface area contributed by atoms with Crippen molar-refractivity contribution in [1.82, 2.24) is 4.90 Å². The minimum atomic E-state index is 0.441. The zero-order chi connectivity index (χ0) is 8.60. The second-order valence-electron chi connectivity index (χ2n) is 4.44. The Bertz CT molecular complexity index is 150. The molecule has 1 spiro atoms. The van der Waals surface area contributed by atoms with Crippen LogP contribution in [0.2, 0.25) is 0 Å². The van der Waals surface area contributed by atoms with Gasteiger partial charge in [0.1, 0.15) is 0 Å². The van der Waals surface area contributed by atoms with E-state index in [2.05, 4.69) is 24.9 Å². The summed E-state index contributed by atoms with van der Waals surface area (Å²) in [6, 6.07) is 0. The SMILES string of the molecule is CN1CCC2(CC1)CC(OS)C2. The second-order valence-corrected chi connectivity index (χ2v) is 4.65. The third-order valence-electron chi connectivity index (χ3n) is 3.52. The number of rotatable bonds is 1. The van der Waals surface area contributed by atoms with Gasteiger partial charge in [-0.15, -0.1) is 0 Å². The normalized spacial score (nSPS) is 30.5. The highest BCUT2D eigenvalue weighted by Crippen LogP contribution is 2.50. The zero-order valence-corrected chi connectivity index (χ0v) is 8.52. The van der Waals surface area contributed by atoms with Crippen molar-refractivity contribution >= 4 is 12.9 Å². The van der Waals surface area contributed by atoms with Gasteiger partial charge in [0.25, 0.3) is 0 Å². The molecule has 3 heteroatoms. The molecular formula is C9H17NOS. The van der Waals surface area contributed by atoms with Crippen molar-refractivity contribution in [3.63, 3.8) is 0 Å². The molecule has 1 saturated heterocycles. The van der Waals surface area contributed by atoms with Crippen LogP contribution in [0.4, 0.5) is 0 Å². The number of piperidine rings is 1. The highest BCUT2D eigenvalue weighted by molar-refractivity contribution is 7.75. The molecule has 1 aliphatic heterocycles. The van der Waals surface area contributed by atoms with Crippen molar-refractivity contribution in [3.05, 3.63) is 0 Å². The van der Waals surface area contributed by atoms with Gasteiger partial charge in [-0.05, 0) is 64.1 Å². The van der Waals surface area contributed by atoms with Gasteiger partial charge in [-0.3, -0.25) is 0 Å². The summed E-state index contributed by atoms with van der Waals surface area (Å²) in [5.74, 6) is 0. The first-order valence-electron chi connectivity index (χ1n) is 4.73. The fourth-order valence-corrected chi connectivity index (χ4v) is 2.63. The Morgan fingerprint density at radius 3 is 2.42 bits per heavy atom. The molecule has 70 valence electrons. The van der Waals surface area contributed by atoms with E-state index < -0.39 is 0 Å². The van der Waals surface area contributed by atoms with Gasteiger partial charge >= 0.3 is 0 Å². The van der Waals surface area contributed by atoms with Crippen molar-refractivity contribution in [1.29, 1.82) is 0 Å². The fourth-order valence-electron chi connectivity index (χ4n) is 2.48. The van der Waals surface area contributed by atoms with Crippen LogP contribution in [0, 0.1) is 5.41 Å². The van der Waals surface area contributed by atoms with Crippen LogP contribution in [0.25, 0.3) is 0 Å². The lowest BCUT2D eigenvalue weighted by molar-refractivity contribution is -0.0424. The molecule has 1 aliphatic carbocycles. The Kier molecular flexibility index (Phi) is 2.36. The van der Waals surface area contributed by atoms with Gasteiger partial charge in [0, 0.05) is 0 Å². The van der Waals surface area contributed by atoms with Crippen LogP contribution in [0.3, 0.4) is 0 Å². The summed E-state index contributed by atoms with van der Waals surface area (Å²) in [5, 5.41) is 0. The van der Waals surface area contributed by atoms with Crippen LogP contribution in [0.15, 0.2) is 0 Å². The summed E-state index contributed by atoms with van der Waals surface area (Å²) < 4.78 is 5.02. The van der Waals surface area contributed by atoms with E-state index in [0.29, 0.717) is 11.5 Å². The number of likely N-dealkylation sites (tertiary alicyclic amines) is 1. The van der Waals surface area contributed by atoms with Crippen LogP contribution in [0.5, 0.6) is 0 Å². The molecule has 2 rings (SSSR count). The lowest BCUT2D eigenvalue weighted by Crippen LogP contribution is -2.48. The van der Waals surface area contributed by atoms with Gasteiger partial charge in [0.05, 0.1) is 6.10 Å². The maximum atomic E-state index is 5.02. The summed E-state index contributed by atoms with van der Waals surface area (Å²) in [6.07, 6.45) is 5.64. The number of hydrogen-bond acceptors (Lipinski definition) is 3. The Hall–Kier alpha value is 0.270. The van der Waals surface area contributed by atoms with Crippen LogP contribution in [0.1, 0.15) is 25.7 Å². The first kappa shape index (κ1) is 8.85. The van der Waals surface area contributed by atoms with E-state index >= 15 is 0 Å². The molecule has 0 aromatic heterocycles. The highest BCUT2D eigenvalue weighted by Gasteiger charge is 2.45. The summed E-state index contributed by atoms with van der Waals surface area (Å²) in [7, 11) is 2.21. The van der Waals surface area contributed by atoms with Gasteiger partial charge < -0.3 is 9.08 Å². The predicted molar refractivity (Wildman–Crippen MR) is 52.3 cm³/mol. The van der Waals surface area contributed by atoms with Crippen molar-refractivity contribution in [3.8, 4) is 0 Å². The molecule has 2 fully saturated rings. The third-order valence-corrected chi connectivity index (χ3v) is 3.82. The largest absolute Gasteiger partial charge is 0.315 e. The number of nitrogens with zero attached hydrogens (tertiary/aromatic N) is 1. The van der Waals surface area contributed by atoms with E-state index in [9.17, 15) is 0 Å². The average molecular weight is 187 g/mol. The molecule has 2 aliphatic rings. The van der Waals surface area contributed by atoms with Crippen LogP contribution in [-0.2, 0) is 4.18 Å². The molecule has 0 amide bonds. The first-order valence-corrected chi connectivity index (χ1v) is 5.09. The molecule has 0 radical (unpaired) electrons. The van der Waals surface area contributed by atoms with Gasteiger partial charge in [0.2, 0.25) is 0 Å². The lowest BCUT2D eigenvalue weighted by Gasteiger charge is -2.50. The van der Waals surface area contributed by atoms with Gasteiger partial charge in [-0.2, -0.15) is 0 Å². The third kappa shape index (κ3) is 1.50. The molecular weight excluding hydrogens is 170 g/mol. The molecule has 12 heavy (non-hydrogen) atoms. The Morgan fingerprint density at radius 2 is 1.92 bits per heavy atom. The minimum Gasteiger partial charge on any atom is -0.315 e. The molecule has 0 aromatic carbocycles. The zero-order valence-electron chi connectivity index (χ0n) is 7.62. The van der Waals surface area contributed by atoms with Crippen molar-refractivity contribution in [2.75, 3.05) is 20.1 Å². The summed E-state index contributed by atoms with van der Waals surface area (Å²) in [5.41, 5.74) is 0.639. The van der Waals surface area contributed by atoms with Gasteiger partial charge in [-0.25, -0.2) is 0 Å². The lowest BCUT2D eigenvalue weighted by atomic mass is 9.61. The molecule has 0 aromatic rings. The first-order chi connectivity index (χ1) is 5.74. The Morgan fingerprint density at radius 1 is 1.33 bits per heavy atom. The summed E-state index contributed by atoms with van der Waals surface area (Å²) >= 11 is 3.86. The van der Waals surface area contributed by atoms with E-state index in [4.69, 9.17) is 4.18 Å². The van der Waals surface area contributed by atoms with E-state index in [1.807, 2.05) is 0 Å². The van der Waals surface area contributed by atoms with Gasteiger partial charge in [0.15, 0.2) is 0 Å². The number of thiol groups is 1. The smallest absolute Gasteiger partial charge is 0.0729 e. The second kappa shape index (κ2) is 3.20. The minimum absolute atomic E-state index is 0.441. The monoisotopic (exact) mass is 187 g/mol. The van der Waals surface area contributed by atoms with E-state index in [-0.39, 0.29) is 0 Å².